The summed E-state index contributed by atoms with van der Waals surface area (Å²) in [7, 11) is 0. The molecule has 0 aliphatic rings. The van der Waals surface area contributed by atoms with Crippen LogP contribution in [0, 0.1) is 0 Å². The van der Waals surface area contributed by atoms with Crippen molar-refractivity contribution < 1.29 is 30.7 Å². The zero-order chi connectivity index (χ0) is 20.7. The van der Waals surface area contributed by atoms with E-state index in [4.69, 9.17) is 11.6 Å². The Bertz CT molecular complexity index is 982. The number of pyridine rings is 1. The maximum absolute atomic E-state index is 13.6. The molecule has 0 saturated heterocycles. The number of nitrogens with zero attached hydrogens (tertiary/aromatic N) is 7. The zero-order valence-corrected chi connectivity index (χ0v) is 14.0. The molecule has 0 amide bonds. The van der Waals surface area contributed by atoms with Gasteiger partial charge in [-0.2, -0.15) is 40.6 Å². The topological polar surface area (TPSA) is 74.3 Å². The predicted octanol–water partition coefficient (Wildman–Crippen LogP) is 3.24. The highest BCUT2D eigenvalue weighted by Gasteiger charge is 2.75. The average molecular weight is 430 g/mol. The van der Waals surface area contributed by atoms with Crippen molar-refractivity contribution in [2.75, 3.05) is 0 Å². The molecule has 0 aliphatic heterocycles. The number of tetrazole rings is 1. The molecular weight excluding hydrogens is 423 g/mol. The lowest BCUT2D eigenvalue weighted by atomic mass is 10.1. The van der Waals surface area contributed by atoms with Crippen molar-refractivity contribution in [1.82, 2.24) is 35.0 Å². The largest absolute Gasteiger partial charge is 0.460 e. The Morgan fingerprint density at radius 2 is 1.71 bits per heavy atom. The van der Waals surface area contributed by atoms with Crippen LogP contribution in [0.5, 0.6) is 0 Å². The Hall–Kier alpha value is -2.77. The van der Waals surface area contributed by atoms with E-state index < -0.39 is 30.4 Å². The molecule has 0 aromatic carbocycles. The van der Waals surface area contributed by atoms with Gasteiger partial charge < -0.3 is 0 Å². The molecule has 0 unspecified atom stereocenters. The van der Waals surface area contributed by atoms with Crippen LogP contribution in [0.4, 0.5) is 30.7 Å². The fourth-order valence-electron chi connectivity index (χ4n) is 2.01. The smallest absolute Gasteiger partial charge is 0.236 e. The third kappa shape index (κ3) is 3.39. The first-order valence-corrected chi connectivity index (χ1v) is 7.57. The monoisotopic (exact) mass is 429 g/mol. The number of hydrogen-bond donors (Lipinski definition) is 0. The van der Waals surface area contributed by atoms with Gasteiger partial charge in [0.15, 0.2) is 5.82 Å². The summed E-state index contributed by atoms with van der Waals surface area (Å²) in [5, 5.41) is 12.9. The summed E-state index contributed by atoms with van der Waals surface area (Å²) >= 11 is 5.95. The molecule has 0 bridgehead atoms. The highest BCUT2D eigenvalue weighted by Crippen LogP contribution is 2.50. The molecule has 0 fully saturated rings. The summed E-state index contributed by atoms with van der Waals surface area (Å²) in [6.07, 6.45) is -3.65. The van der Waals surface area contributed by atoms with E-state index in [0.717, 1.165) is 0 Å². The van der Waals surface area contributed by atoms with Crippen LogP contribution in [0.1, 0.15) is 11.5 Å². The number of rotatable bonds is 5. The first-order chi connectivity index (χ1) is 12.9. The highest BCUT2D eigenvalue weighted by atomic mass is 35.5. The summed E-state index contributed by atoms with van der Waals surface area (Å²) in [5.41, 5.74) is 0.150. The maximum atomic E-state index is 13.6. The van der Waals surface area contributed by atoms with Crippen molar-refractivity contribution in [1.29, 1.82) is 0 Å². The van der Waals surface area contributed by atoms with Crippen LogP contribution in [0.25, 0.3) is 5.82 Å². The Morgan fingerprint density at radius 1 is 1.00 bits per heavy atom. The summed E-state index contributed by atoms with van der Waals surface area (Å²) in [6, 6.07) is 4.50. The van der Waals surface area contributed by atoms with Gasteiger partial charge in [0.1, 0.15) is 6.54 Å². The molecule has 150 valence electrons. The lowest BCUT2D eigenvalue weighted by Crippen LogP contribution is -2.50. The van der Waals surface area contributed by atoms with Gasteiger partial charge in [-0.1, -0.05) is 11.6 Å². The van der Waals surface area contributed by atoms with Crippen molar-refractivity contribution in [3.63, 3.8) is 0 Å². The average Bonchev–Trinajstić information content (AvgIpc) is 3.24. The van der Waals surface area contributed by atoms with Crippen molar-refractivity contribution in [3.8, 4) is 5.82 Å². The molecule has 0 N–H and O–H groups in total. The number of hydrogen-bond acceptors (Lipinski definition) is 5. The minimum absolute atomic E-state index is 0.150. The van der Waals surface area contributed by atoms with Gasteiger partial charge in [-0.15, -0.1) is 10.2 Å². The van der Waals surface area contributed by atoms with E-state index in [0.29, 0.717) is 4.80 Å². The van der Waals surface area contributed by atoms with Crippen molar-refractivity contribution in [3.05, 3.63) is 47.1 Å². The molecule has 0 aliphatic carbocycles. The van der Waals surface area contributed by atoms with Crippen LogP contribution in [0.3, 0.4) is 0 Å². The van der Waals surface area contributed by atoms with Gasteiger partial charge in [0, 0.05) is 12.4 Å². The van der Waals surface area contributed by atoms with Crippen LogP contribution < -0.4 is 0 Å². The second-order valence-corrected chi connectivity index (χ2v) is 5.76. The Balaban J connectivity index is 1.82. The second-order valence-electron chi connectivity index (χ2n) is 5.35. The SMILES string of the molecule is FC(F)(F)C(F)(F)C(F)(F)c1nnn(Cc2ccn(-c3ncccc3Cl)n2)n1. The van der Waals surface area contributed by atoms with Crippen molar-refractivity contribution >= 4 is 11.6 Å². The quantitative estimate of drug-likeness (QED) is 0.582. The molecule has 7 nitrogen and oxygen atoms in total. The van der Waals surface area contributed by atoms with E-state index in [1.54, 1.807) is 12.1 Å². The fraction of sp³-hybridized carbons (Fsp3) is 0.308. The van der Waals surface area contributed by atoms with E-state index >= 15 is 0 Å². The Labute approximate surface area is 155 Å². The minimum Gasteiger partial charge on any atom is -0.236 e. The zero-order valence-electron chi connectivity index (χ0n) is 13.2. The second kappa shape index (κ2) is 6.68. The normalized spacial score (nSPS) is 13.1. The van der Waals surface area contributed by atoms with Crippen LogP contribution in [0.15, 0.2) is 30.6 Å². The molecule has 15 heteroatoms. The van der Waals surface area contributed by atoms with Crippen molar-refractivity contribution in [2.24, 2.45) is 0 Å². The maximum Gasteiger partial charge on any atom is 0.460 e. The summed E-state index contributed by atoms with van der Waals surface area (Å²) < 4.78 is 91.1. The van der Waals surface area contributed by atoms with Gasteiger partial charge in [0.2, 0.25) is 0 Å². The molecule has 0 radical (unpaired) electrons. The summed E-state index contributed by atoms with van der Waals surface area (Å²) in [6.45, 7) is -0.432. The lowest BCUT2D eigenvalue weighted by Gasteiger charge is -2.25. The van der Waals surface area contributed by atoms with Crippen molar-refractivity contribution in [2.45, 2.75) is 24.6 Å². The molecule has 3 heterocycles. The summed E-state index contributed by atoms with van der Waals surface area (Å²) in [4.78, 5) is 4.39. The Morgan fingerprint density at radius 3 is 2.36 bits per heavy atom. The van der Waals surface area contributed by atoms with Gasteiger partial charge in [0.05, 0.1) is 10.7 Å². The van der Waals surface area contributed by atoms with E-state index in [1.165, 1.54) is 23.1 Å². The number of alkyl halides is 7. The van der Waals surface area contributed by atoms with Crippen LogP contribution in [-0.2, 0) is 12.5 Å². The third-order valence-corrected chi connectivity index (χ3v) is 3.68. The lowest BCUT2D eigenvalue weighted by molar-refractivity contribution is -0.361. The van der Waals surface area contributed by atoms with Gasteiger partial charge in [0.25, 0.3) is 5.82 Å². The molecule has 0 spiro atoms. The molecule has 0 saturated carbocycles. The van der Waals surface area contributed by atoms with Gasteiger partial charge >= 0.3 is 18.0 Å². The van der Waals surface area contributed by atoms with E-state index in [2.05, 4.69) is 25.5 Å². The predicted molar refractivity (Wildman–Crippen MR) is 78.2 cm³/mol. The summed E-state index contributed by atoms with van der Waals surface area (Å²) in [5.74, 6) is -13.9. The molecule has 0 atom stereocenters. The van der Waals surface area contributed by atoms with Gasteiger partial charge in [-0.25, -0.2) is 9.67 Å². The van der Waals surface area contributed by atoms with Crippen LogP contribution in [0.2, 0.25) is 5.02 Å². The molecule has 28 heavy (non-hydrogen) atoms. The first-order valence-electron chi connectivity index (χ1n) is 7.19. The van der Waals surface area contributed by atoms with E-state index in [9.17, 15) is 30.7 Å². The molecular formula is C13H7ClF7N7. The first kappa shape index (κ1) is 20.0. The van der Waals surface area contributed by atoms with E-state index in [-0.39, 0.29) is 16.5 Å². The number of aromatic nitrogens is 7. The number of halogens is 8. The highest BCUT2D eigenvalue weighted by molar-refractivity contribution is 6.32. The van der Waals surface area contributed by atoms with Crippen LogP contribution >= 0.6 is 11.6 Å². The van der Waals surface area contributed by atoms with Gasteiger partial charge in [-0.3, -0.25) is 0 Å². The molecule has 3 aromatic rings. The van der Waals surface area contributed by atoms with Crippen LogP contribution in [-0.4, -0.2) is 47.1 Å². The fourth-order valence-corrected chi connectivity index (χ4v) is 2.22. The van der Waals surface area contributed by atoms with Gasteiger partial charge in [-0.05, 0) is 23.4 Å². The Kier molecular flexibility index (Phi) is 4.77. The molecule has 3 aromatic heterocycles. The minimum atomic E-state index is -6.50. The standard InChI is InChI=1S/C13H7ClF7N7/c14-8-2-1-4-22-9(8)27-5-3-7(24-27)6-28-25-10(23-26-28)11(15,16)12(17,18)13(19,20)21/h1-5H,6H2. The van der Waals surface area contributed by atoms with E-state index in [1.807, 2.05) is 0 Å². The third-order valence-electron chi connectivity index (χ3n) is 3.39. The molecule has 3 rings (SSSR count).